The zero-order valence-corrected chi connectivity index (χ0v) is 19.5. The summed E-state index contributed by atoms with van der Waals surface area (Å²) in [6, 6.07) is 12.2. The number of benzene rings is 2. The first-order valence-corrected chi connectivity index (χ1v) is 11.1. The zero-order chi connectivity index (χ0) is 24.4. The number of nitrogens with one attached hydrogen (secondary N) is 1. The van der Waals surface area contributed by atoms with E-state index in [9.17, 15) is 14.4 Å². The van der Waals surface area contributed by atoms with E-state index in [4.69, 9.17) is 33.0 Å². The Morgan fingerprint density at radius 1 is 1.21 bits per heavy atom. The molecule has 8 nitrogen and oxygen atoms in total. The highest BCUT2D eigenvalue weighted by Gasteiger charge is 2.22. The van der Waals surface area contributed by atoms with Gasteiger partial charge in [0.15, 0.2) is 0 Å². The maximum atomic E-state index is 13.0. The third-order valence-electron chi connectivity index (χ3n) is 5.19. The molecule has 0 aliphatic carbocycles. The highest BCUT2D eigenvalue weighted by atomic mass is 35.5. The van der Waals surface area contributed by atoms with Gasteiger partial charge in [-0.25, -0.2) is 9.78 Å². The molecule has 0 bridgehead atoms. The molecule has 1 aromatic heterocycles. The van der Waals surface area contributed by atoms with Gasteiger partial charge in [-0.2, -0.15) is 0 Å². The minimum atomic E-state index is -1.52. The van der Waals surface area contributed by atoms with Crippen molar-refractivity contribution in [2.24, 2.45) is 0 Å². The van der Waals surface area contributed by atoms with Crippen LogP contribution in [0.15, 0.2) is 57.3 Å². The van der Waals surface area contributed by atoms with E-state index in [-0.39, 0.29) is 11.2 Å². The Balaban J connectivity index is 1.71. The lowest BCUT2D eigenvalue weighted by molar-refractivity contribution is -0.132. The Kier molecular flexibility index (Phi) is 6.72. The predicted octanol–water partition coefficient (Wildman–Crippen LogP) is 4.45. The number of ether oxygens (including phenoxy) is 1. The lowest BCUT2D eigenvalue weighted by Gasteiger charge is -2.09. The normalized spacial score (nSPS) is 14.6. The first-order valence-electron chi connectivity index (χ1n) is 10.4. The molecule has 2 N–H and O–H groups in total. The number of aromatic nitrogens is 2. The number of allylic oxidation sites excluding steroid dienone is 1. The van der Waals surface area contributed by atoms with Gasteiger partial charge in [0.25, 0.3) is 11.5 Å². The SMILES string of the molecule is CCOc1cccc(C=C2CCn3c2nc2cc(NC(=O)C(Cl)=C(Cl)C(=O)O)ccc2c3=O)c1. The van der Waals surface area contributed by atoms with E-state index in [1.165, 1.54) is 12.1 Å². The van der Waals surface area contributed by atoms with Crippen LogP contribution in [0, 0.1) is 0 Å². The minimum absolute atomic E-state index is 0.184. The second-order valence-electron chi connectivity index (χ2n) is 7.44. The predicted molar refractivity (Wildman–Crippen MR) is 131 cm³/mol. The van der Waals surface area contributed by atoms with Crippen LogP contribution in [-0.2, 0) is 16.1 Å². The summed E-state index contributed by atoms with van der Waals surface area (Å²) in [5.41, 5.74) is 2.32. The van der Waals surface area contributed by atoms with Crippen molar-refractivity contribution in [3.8, 4) is 5.75 Å². The molecule has 2 aromatic carbocycles. The first kappa shape index (κ1) is 23.5. The molecule has 2 heterocycles. The van der Waals surface area contributed by atoms with Crippen molar-refractivity contribution in [2.75, 3.05) is 11.9 Å². The van der Waals surface area contributed by atoms with Crippen LogP contribution >= 0.6 is 23.2 Å². The van der Waals surface area contributed by atoms with Crippen LogP contribution < -0.4 is 15.6 Å². The number of aliphatic carboxylic acids is 1. The summed E-state index contributed by atoms with van der Waals surface area (Å²) in [5.74, 6) is -1.10. The maximum Gasteiger partial charge on any atom is 0.349 e. The first-order chi connectivity index (χ1) is 16.3. The zero-order valence-electron chi connectivity index (χ0n) is 18.0. The van der Waals surface area contributed by atoms with E-state index in [1.807, 2.05) is 37.3 Å². The monoisotopic (exact) mass is 499 g/mol. The standard InChI is InChI=1S/C24H19Cl2N3O5/c1-2-34-16-5-3-4-13(11-16)10-14-8-9-29-21(14)28-18-12-15(6-7-17(18)23(29)31)27-22(30)19(25)20(26)24(32)33/h3-7,10-12H,2,8-9H2,1H3,(H,27,30)(H,32,33). The fourth-order valence-corrected chi connectivity index (χ4v) is 3.89. The second kappa shape index (κ2) is 9.70. The lowest BCUT2D eigenvalue weighted by atomic mass is 10.1. The average Bonchev–Trinajstić information content (AvgIpc) is 3.21. The summed E-state index contributed by atoms with van der Waals surface area (Å²) in [6.07, 6.45) is 2.62. The Hall–Kier alpha value is -3.62. The van der Waals surface area contributed by atoms with Crippen molar-refractivity contribution < 1.29 is 19.4 Å². The summed E-state index contributed by atoms with van der Waals surface area (Å²) in [7, 11) is 0. The summed E-state index contributed by atoms with van der Waals surface area (Å²) >= 11 is 11.3. The van der Waals surface area contributed by atoms with Gasteiger partial charge in [-0.1, -0.05) is 35.3 Å². The summed E-state index contributed by atoms with van der Waals surface area (Å²) in [5, 5.41) is 10.3. The van der Waals surface area contributed by atoms with Crippen LogP contribution in [0.4, 0.5) is 5.69 Å². The molecule has 1 amide bonds. The van der Waals surface area contributed by atoms with Crippen LogP contribution in [-0.4, -0.2) is 33.1 Å². The molecular formula is C24H19Cl2N3O5. The minimum Gasteiger partial charge on any atom is -0.494 e. The van der Waals surface area contributed by atoms with Crippen molar-refractivity contribution >= 4 is 63.3 Å². The number of carbonyl (C=O) groups is 2. The number of hydrogen-bond donors (Lipinski definition) is 2. The third kappa shape index (κ3) is 4.69. The van der Waals surface area contributed by atoms with Crippen LogP contribution in [0.3, 0.4) is 0 Å². The van der Waals surface area contributed by atoms with Crippen LogP contribution in [0.25, 0.3) is 22.6 Å². The summed E-state index contributed by atoms with van der Waals surface area (Å²) in [6.45, 7) is 3.00. The Bertz CT molecular complexity index is 1440. The highest BCUT2D eigenvalue weighted by molar-refractivity contribution is 6.54. The maximum absolute atomic E-state index is 13.0. The number of rotatable bonds is 6. The van der Waals surface area contributed by atoms with E-state index < -0.39 is 21.9 Å². The Morgan fingerprint density at radius 2 is 2.00 bits per heavy atom. The highest BCUT2D eigenvalue weighted by Crippen LogP contribution is 2.29. The van der Waals surface area contributed by atoms with Gasteiger partial charge in [0, 0.05) is 12.2 Å². The Labute approximate surface area is 204 Å². The fourth-order valence-electron chi connectivity index (χ4n) is 3.67. The van der Waals surface area contributed by atoms with E-state index in [0.29, 0.717) is 36.3 Å². The molecule has 0 saturated heterocycles. The van der Waals surface area contributed by atoms with Gasteiger partial charge in [0.2, 0.25) is 0 Å². The summed E-state index contributed by atoms with van der Waals surface area (Å²) < 4.78 is 7.19. The molecule has 0 fully saturated rings. The molecule has 0 unspecified atom stereocenters. The molecular weight excluding hydrogens is 481 g/mol. The molecule has 3 aromatic rings. The largest absolute Gasteiger partial charge is 0.494 e. The molecule has 174 valence electrons. The molecule has 0 atom stereocenters. The van der Waals surface area contributed by atoms with E-state index in [2.05, 4.69) is 10.3 Å². The average molecular weight is 500 g/mol. The van der Waals surface area contributed by atoms with Crippen molar-refractivity contribution in [3.05, 3.63) is 74.3 Å². The van der Waals surface area contributed by atoms with Gasteiger partial charge in [-0.3, -0.25) is 14.2 Å². The van der Waals surface area contributed by atoms with E-state index in [0.717, 1.165) is 16.9 Å². The lowest BCUT2D eigenvalue weighted by Crippen LogP contribution is -2.21. The Morgan fingerprint density at radius 3 is 2.74 bits per heavy atom. The number of anilines is 1. The number of carboxylic acid groups (broad SMARTS) is 1. The topological polar surface area (TPSA) is 111 Å². The van der Waals surface area contributed by atoms with E-state index >= 15 is 0 Å². The molecule has 0 radical (unpaired) electrons. The number of carbonyl (C=O) groups excluding carboxylic acids is 1. The molecule has 0 spiro atoms. The number of amides is 1. The van der Waals surface area contributed by atoms with Crippen molar-refractivity contribution in [1.82, 2.24) is 9.55 Å². The number of carboxylic acids is 1. The van der Waals surface area contributed by atoms with Crippen molar-refractivity contribution in [2.45, 2.75) is 19.9 Å². The molecule has 1 aliphatic heterocycles. The quantitative estimate of drug-likeness (QED) is 0.484. The molecule has 34 heavy (non-hydrogen) atoms. The number of nitrogens with zero attached hydrogens (tertiary/aromatic N) is 2. The van der Waals surface area contributed by atoms with Crippen LogP contribution in [0.5, 0.6) is 5.75 Å². The van der Waals surface area contributed by atoms with Gasteiger partial charge in [-0.15, -0.1) is 0 Å². The van der Waals surface area contributed by atoms with Gasteiger partial charge in [-0.05, 0) is 60.9 Å². The number of hydrogen-bond acceptors (Lipinski definition) is 5. The molecule has 10 heteroatoms. The van der Waals surface area contributed by atoms with Gasteiger partial charge in [0.05, 0.1) is 17.5 Å². The van der Waals surface area contributed by atoms with Crippen LogP contribution in [0.1, 0.15) is 24.7 Å². The number of halogens is 2. The molecule has 4 rings (SSSR count). The summed E-state index contributed by atoms with van der Waals surface area (Å²) in [4.78, 5) is 40.9. The van der Waals surface area contributed by atoms with Gasteiger partial charge >= 0.3 is 5.97 Å². The fraction of sp³-hybridized carbons (Fsp3) is 0.167. The van der Waals surface area contributed by atoms with Crippen LogP contribution in [0.2, 0.25) is 0 Å². The number of fused-ring (bicyclic) bond motifs is 2. The van der Waals surface area contributed by atoms with E-state index in [1.54, 1.807) is 10.6 Å². The van der Waals surface area contributed by atoms with Crippen molar-refractivity contribution in [3.63, 3.8) is 0 Å². The van der Waals surface area contributed by atoms with Crippen molar-refractivity contribution in [1.29, 1.82) is 0 Å². The molecule has 1 aliphatic rings. The smallest absolute Gasteiger partial charge is 0.349 e. The third-order valence-corrected chi connectivity index (χ3v) is 6.00. The van der Waals surface area contributed by atoms with Gasteiger partial charge < -0.3 is 15.2 Å². The molecule has 0 saturated carbocycles. The second-order valence-corrected chi connectivity index (χ2v) is 8.19. The van der Waals surface area contributed by atoms with Gasteiger partial charge in [0.1, 0.15) is 21.6 Å².